The van der Waals surface area contributed by atoms with Gasteiger partial charge < -0.3 is 15.7 Å². The van der Waals surface area contributed by atoms with Gasteiger partial charge in [-0.1, -0.05) is 12.1 Å². The topological polar surface area (TPSA) is 49.5 Å². The molecule has 0 radical (unpaired) electrons. The molecular weight excluding hydrogens is 188 g/mol. The Morgan fingerprint density at radius 2 is 1.80 bits per heavy atom. The Labute approximate surface area is 90.5 Å². The van der Waals surface area contributed by atoms with E-state index in [1.54, 1.807) is 0 Å². The van der Waals surface area contributed by atoms with Crippen LogP contribution < -0.4 is 10.6 Å². The van der Waals surface area contributed by atoms with Crippen LogP contribution in [0.15, 0.2) is 24.3 Å². The van der Waals surface area contributed by atoms with E-state index in [0.717, 1.165) is 18.7 Å². The first kappa shape index (κ1) is 10.5. The molecule has 1 heterocycles. The number of hydrogen-bond acceptors (Lipinski definition) is 3. The molecule has 1 aromatic carbocycles. The molecule has 3 N–H and O–H groups in total. The Kier molecular flexibility index (Phi) is 3.23. The third-order valence-corrected chi connectivity index (χ3v) is 2.99. The second kappa shape index (κ2) is 4.64. The van der Waals surface area contributed by atoms with Gasteiger partial charge in [0, 0.05) is 18.8 Å². The average Bonchev–Trinajstić information content (AvgIpc) is 2.82. The predicted molar refractivity (Wildman–Crippen MR) is 61.9 cm³/mol. The number of aliphatic hydroxyl groups excluding tert-OH is 1. The van der Waals surface area contributed by atoms with Crippen molar-refractivity contribution in [3.05, 3.63) is 29.8 Å². The Morgan fingerprint density at radius 3 is 2.33 bits per heavy atom. The summed E-state index contributed by atoms with van der Waals surface area (Å²) in [4.78, 5) is 2.38. The highest BCUT2D eigenvalue weighted by Gasteiger charge is 2.12. The number of anilines is 1. The molecule has 3 heteroatoms. The maximum Gasteiger partial charge on any atom is 0.0624 e. The molecule has 1 saturated heterocycles. The SMILES string of the molecule is N[C@@H](CO)c1ccc(N2CCCC2)cc1. The maximum atomic E-state index is 8.93. The molecule has 0 unspecified atom stereocenters. The van der Waals surface area contributed by atoms with Crippen molar-refractivity contribution in [3.63, 3.8) is 0 Å². The van der Waals surface area contributed by atoms with E-state index in [1.165, 1.54) is 18.5 Å². The smallest absolute Gasteiger partial charge is 0.0624 e. The first-order valence-corrected chi connectivity index (χ1v) is 5.52. The minimum absolute atomic E-state index is 0.00304. The molecule has 1 fully saturated rings. The summed E-state index contributed by atoms with van der Waals surface area (Å²) in [5.41, 5.74) is 8.00. The number of nitrogens with zero attached hydrogens (tertiary/aromatic N) is 1. The van der Waals surface area contributed by atoms with Gasteiger partial charge in [0.1, 0.15) is 0 Å². The lowest BCUT2D eigenvalue weighted by Crippen LogP contribution is -2.18. The quantitative estimate of drug-likeness (QED) is 0.783. The molecule has 0 saturated carbocycles. The van der Waals surface area contributed by atoms with Crippen LogP contribution in [0.2, 0.25) is 0 Å². The zero-order valence-corrected chi connectivity index (χ0v) is 8.89. The molecule has 0 aromatic heterocycles. The van der Waals surface area contributed by atoms with Gasteiger partial charge in [-0.2, -0.15) is 0 Å². The molecule has 3 nitrogen and oxygen atoms in total. The molecule has 0 spiro atoms. The fourth-order valence-corrected chi connectivity index (χ4v) is 2.01. The number of nitrogens with two attached hydrogens (primary N) is 1. The Morgan fingerprint density at radius 1 is 1.20 bits per heavy atom. The Bertz CT molecular complexity index is 304. The van der Waals surface area contributed by atoms with Crippen LogP contribution in [0.25, 0.3) is 0 Å². The first-order chi connectivity index (χ1) is 7.31. The highest BCUT2D eigenvalue weighted by Crippen LogP contribution is 2.21. The summed E-state index contributed by atoms with van der Waals surface area (Å²) in [6.45, 7) is 2.32. The average molecular weight is 206 g/mol. The molecule has 1 aliphatic heterocycles. The summed E-state index contributed by atoms with van der Waals surface area (Å²) in [7, 11) is 0. The molecule has 1 aromatic rings. The minimum Gasteiger partial charge on any atom is -0.394 e. The molecule has 0 aliphatic carbocycles. The zero-order valence-electron chi connectivity index (χ0n) is 8.89. The van der Waals surface area contributed by atoms with Gasteiger partial charge in [-0.3, -0.25) is 0 Å². The monoisotopic (exact) mass is 206 g/mol. The van der Waals surface area contributed by atoms with Crippen LogP contribution >= 0.6 is 0 Å². The molecule has 1 aliphatic rings. The minimum atomic E-state index is -0.252. The van der Waals surface area contributed by atoms with Crippen LogP contribution in [-0.4, -0.2) is 24.8 Å². The summed E-state index contributed by atoms with van der Waals surface area (Å²) >= 11 is 0. The van der Waals surface area contributed by atoms with Crippen molar-refractivity contribution in [1.82, 2.24) is 0 Å². The number of rotatable bonds is 3. The van der Waals surface area contributed by atoms with Crippen LogP contribution in [0.1, 0.15) is 24.4 Å². The molecule has 82 valence electrons. The lowest BCUT2D eigenvalue weighted by Gasteiger charge is -2.18. The van der Waals surface area contributed by atoms with Crippen molar-refractivity contribution in [2.24, 2.45) is 5.73 Å². The summed E-state index contributed by atoms with van der Waals surface area (Å²) < 4.78 is 0. The second-order valence-corrected chi connectivity index (χ2v) is 4.07. The molecule has 0 bridgehead atoms. The first-order valence-electron chi connectivity index (χ1n) is 5.52. The van der Waals surface area contributed by atoms with Crippen LogP contribution in [0, 0.1) is 0 Å². The lowest BCUT2D eigenvalue weighted by molar-refractivity contribution is 0.268. The van der Waals surface area contributed by atoms with Crippen molar-refractivity contribution in [2.75, 3.05) is 24.6 Å². The van der Waals surface area contributed by atoms with Crippen molar-refractivity contribution in [1.29, 1.82) is 0 Å². The van der Waals surface area contributed by atoms with Gasteiger partial charge in [-0.05, 0) is 30.5 Å². The van der Waals surface area contributed by atoms with Crippen molar-refractivity contribution in [3.8, 4) is 0 Å². The van der Waals surface area contributed by atoms with Gasteiger partial charge in [0.2, 0.25) is 0 Å². The Balaban J connectivity index is 2.09. The van der Waals surface area contributed by atoms with E-state index in [-0.39, 0.29) is 12.6 Å². The summed E-state index contributed by atoms with van der Waals surface area (Å²) in [5.74, 6) is 0. The van der Waals surface area contributed by atoms with E-state index in [4.69, 9.17) is 10.8 Å². The number of hydrogen-bond donors (Lipinski definition) is 2. The van der Waals surface area contributed by atoms with Gasteiger partial charge >= 0.3 is 0 Å². The van der Waals surface area contributed by atoms with Crippen molar-refractivity contribution < 1.29 is 5.11 Å². The zero-order chi connectivity index (χ0) is 10.7. The van der Waals surface area contributed by atoms with Crippen LogP contribution in [0.5, 0.6) is 0 Å². The van der Waals surface area contributed by atoms with E-state index < -0.39 is 0 Å². The normalized spacial score (nSPS) is 18.1. The van der Waals surface area contributed by atoms with Crippen molar-refractivity contribution in [2.45, 2.75) is 18.9 Å². The van der Waals surface area contributed by atoms with Crippen molar-refractivity contribution >= 4 is 5.69 Å². The second-order valence-electron chi connectivity index (χ2n) is 4.07. The Hall–Kier alpha value is -1.06. The highest BCUT2D eigenvalue weighted by molar-refractivity contribution is 5.48. The third-order valence-electron chi connectivity index (χ3n) is 2.99. The summed E-state index contributed by atoms with van der Waals surface area (Å²) in [5, 5.41) is 8.93. The predicted octanol–water partition coefficient (Wildman–Crippen LogP) is 1.28. The van der Waals surface area contributed by atoms with Gasteiger partial charge in [0.15, 0.2) is 0 Å². The van der Waals surface area contributed by atoms with Gasteiger partial charge in [0.05, 0.1) is 12.6 Å². The fraction of sp³-hybridized carbons (Fsp3) is 0.500. The van der Waals surface area contributed by atoms with Crippen LogP contribution in [-0.2, 0) is 0 Å². The summed E-state index contributed by atoms with van der Waals surface area (Å²) in [6.07, 6.45) is 2.58. The summed E-state index contributed by atoms with van der Waals surface area (Å²) in [6, 6.07) is 7.95. The lowest BCUT2D eigenvalue weighted by atomic mass is 10.1. The van der Waals surface area contributed by atoms with E-state index in [9.17, 15) is 0 Å². The van der Waals surface area contributed by atoms with E-state index in [0.29, 0.717) is 0 Å². The number of benzene rings is 1. The molecule has 0 amide bonds. The van der Waals surface area contributed by atoms with Gasteiger partial charge in [-0.15, -0.1) is 0 Å². The molecule has 1 atom stereocenters. The largest absolute Gasteiger partial charge is 0.394 e. The van der Waals surface area contributed by atoms with E-state index >= 15 is 0 Å². The molecule has 2 rings (SSSR count). The maximum absolute atomic E-state index is 8.93. The van der Waals surface area contributed by atoms with E-state index in [2.05, 4.69) is 17.0 Å². The third kappa shape index (κ3) is 2.30. The van der Waals surface area contributed by atoms with Gasteiger partial charge in [-0.25, -0.2) is 0 Å². The van der Waals surface area contributed by atoms with Crippen LogP contribution in [0.4, 0.5) is 5.69 Å². The van der Waals surface area contributed by atoms with Crippen LogP contribution in [0.3, 0.4) is 0 Å². The standard InChI is InChI=1S/C12H18N2O/c13-12(9-15)10-3-5-11(6-4-10)14-7-1-2-8-14/h3-6,12,15H,1-2,7-9,13H2/t12-/m0/s1. The fourth-order valence-electron chi connectivity index (χ4n) is 2.01. The van der Waals surface area contributed by atoms with Gasteiger partial charge in [0.25, 0.3) is 0 Å². The molecular formula is C12H18N2O. The van der Waals surface area contributed by atoms with E-state index in [1.807, 2.05) is 12.1 Å². The number of aliphatic hydroxyl groups is 1. The molecule has 15 heavy (non-hydrogen) atoms. The highest BCUT2D eigenvalue weighted by atomic mass is 16.3.